The van der Waals surface area contributed by atoms with Crippen LogP contribution in [0.2, 0.25) is 0 Å². The number of aromatic amines is 1. The van der Waals surface area contributed by atoms with Gasteiger partial charge >= 0.3 is 0 Å². The van der Waals surface area contributed by atoms with Gasteiger partial charge in [-0.25, -0.2) is 0 Å². The van der Waals surface area contributed by atoms with Crippen molar-refractivity contribution in [3.8, 4) is 0 Å². The van der Waals surface area contributed by atoms with Crippen LogP contribution in [0.25, 0.3) is 0 Å². The highest BCUT2D eigenvalue weighted by Gasteiger charge is 2.49. The van der Waals surface area contributed by atoms with E-state index >= 15 is 0 Å². The Morgan fingerprint density at radius 2 is 2.17 bits per heavy atom. The number of carbonyl (C=O) groups is 2. The van der Waals surface area contributed by atoms with E-state index in [-0.39, 0.29) is 18.4 Å². The topological polar surface area (TPSA) is 76.6 Å². The Balaban J connectivity index is 1.72. The minimum absolute atomic E-state index is 0.00721. The Kier molecular flexibility index (Phi) is 4.43. The molecule has 0 aliphatic carbocycles. The van der Waals surface area contributed by atoms with Gasteiger partial charge in [-0.2, -0.15) is 0 Å². The van der Waals surface area contributed by atoms with Crippen molar-refractivity contribution in [2.24, 2.45) is 5.41 Å². The first-order chi connectivity index (χ1) is 11.1. The van der Waals surface area contributed by atoms with Crippen LogP contribution in [-0.2, 0) is 11.2 Å². The Morgan fingerprint density at radius 3 is 2.87 bits per heavy atom. The van der Waals surface area contributed by atoms with Crippen molar-refractivity contribution in [3.63, 3.8) is 0 Å². The number of carbonyl (C=O) groups excluding carboxylic acids is 2. The van der Waals surface area contributed by atoms with Gasteiger partial charge in [0.1, 0.15) is 5.69 Å². The third-order valence-electron chi connectivity index (χ3n) is 5.19. The van der Waals surface area contributed by atoms with E-state index in [0.29, 0.717) is 31.9 Å². The summed E-state index contributed by atoms with van der Waals surface area (Å²) in [6.07, 6.45) is 3.37. The van der Waals surface area contributed by atoms with Crippen LogP contribution in [0.3, 0.4) is 0 Å². The highest BCUT2D eigenvalue weighted by atomic mass is 16.3. The Labute approximate surface area is 136 Å². The molecular formula is C17H25N3O3. The number of rotatable bonds is 4. The first-order valence-electron chi connectivity index (χ1n) is 8.47. The lowest BCUT2D eigenvalue weighted by Crippen LogP contribution is -2.51. The molecule has 6 nitrogen and oxygen atoms in total. The fourth-order valence-corrected chi connectivity index (χ4v) is 3.85. The van der Waals surface area contributed by atoms with Crippen molar-refractivity contribution >= 4 is 11.8 Å². The predicted molar refractivity (Wildman–Crippen MR) is 86.0 cm³/mol. The summed E-state index contributed by atoms with van der Waals surface area (Å²) in [5.41, 5.74) is 1.21. The van der Waals surface area contributed by atoms with Gasteiger partial charge in [0.05, 0.1) is 12.0 Å². The van der Waals surface area contributed by atoms with Crippen LogP contribution in [0.1, 0.15) is 42.4 Å². The molecule has 1 aromatic rings. The fraction of sp³-hybridized carbons (Fsp3) is 0.647. The zero-order chi connectivity index (χ0) is 16.4. The number of nitrogens with zero attached hydrogens (tertiary/aromatic N) is 2. The van der Waals surface area contributed by atoms with Crippen LogP contribution in [-0.4, -0.2) is 64.5 Å². The standard InChI is InChI=1S/C17H25N3O3/c1-2-13-4-5-14(18-13)15(22)20-9-7-17(12-20)6-3-8-19(10-11-21)16(17)23/h4-5,18,21H,2-3,6-12H2,1H3. The quantitative estimate of drug-likeness (QED) is 0.870. The number of β-amino-alcohol motifs (C(OH)–C–C–N with tert-alkyl or cyclic N) is 1. The third kappa shape index (κ3) is 2.87. The number of piperidine rings is 1. The molecule has 2 aliphatic rings. The minimum atomic E-state index is -0.441. The van der Waals surface area contributed by atoms with E-state index in [1.54, 1.807) is 9.80 Å². The van der Waals surface area contributed by atoms with E-state index in [9.17, 15) is 9.59 Å². The molecule has 0 saturated carbocycles. The zero-order valence-electron chi connectivity index (χ0n) is 13.7. The fourth-order valence-electron chi connectivity index (χ4n) is 3.85. The van der Waals surface area contributed by atoms with Crippen molar-refractivity contribution in [2.45, 2.75) is 32.6 Å². The molecule has 2 N–H and O–H groups in total. The highest BCUT2D eigenvalue weighted by Crippen LogP contribution is 2.40. The molecule has 2 amide bonds. The molecule has 0 bridgehead atoms. The first kappa shape index (κ1) is 16.1. The molecule has 126 valence electrons. The molecule has 3 heterocycles. The van der Waals surface area contributed by atoms with Crippen LogP contribution >= 0.6 is 0 Å². The molecule has 2 fully saturated rings. The van der Waals surface area contributed by atoms with Gasteiger partial charge in [-0.05, 0) is 37.8 Å². The molecule has 1 spiro atoms. The van der Waals surface area contributed by atoms with Crippen molar-refractivity contribution in [1.29, 1.82) is 0 Å². The zero-order valence-corrected chi connectivity index (χ0v) is 13.7. The molecule has 3 rings (SSSR count). The average molecular weight is 319 g/mol. The molecule has 23 heavy (non-hydrogen) atoms. The Bertz CT molecular complexity index is 596. The van der Waals surface area contributed by atoms with Crippen LogP contribution in [0.5, 0.6) is 0 Å². The first-order valence-corrected chi connectivity index (χ1v) is 8.47. The third-order valence-corrected chi connectivity index (χ3v) is 5.19. The Hall–Kier alpha value is -1.82. The number of H-pyrrole nitrogens is 1. The molecular weight excluding hydrogens is 294 g/mol. The number of amides is 2. The number of likely N-dealkylation sites (tertiary alicyclic amines) is 2. The van der Waals surface area contributed by atoms with E-state index in [1.165, 1.54) is 0 Å². The number of hydrogen-bond donors (Lipinski definition) is 2. The maximum atomic E-state index is 12.8. The summed E-state index contributed by atoms with van der Waals surface area (Å²) >= 11 is 0. The molecule has 0 aromatic carbocycles. The molecule has 2 saturated heterocycles. The van der Waals surface area contributed by atoms with Gasteiger partial charge < -0.3 is 19.9 Å². The normalized spacial score (nSPS) is 24.7. The van der Waals surface area contributed by atoms with Gasteiger partial charge in [-0.1, -0.05) is 6.92 Å². The summed E-state index contributed by atoms with van der Waals surface area (Å²) in [5.74, 6) is 0.0856. The molecule has 1 atom stereocenters. The van der Waals surface area contributed by atoms with E-state index < -0.39 is 5.41 Å². The molecule has 1 aromatic heterocycles. The number of hydrogen-bond acceptors (Lipinski definition) is 3. The van der Waals surface area contributed by atoms with Crippen molar-refractivity contribution in [1.82, 2.24) is 14.8 Å². The van der Waals surface area contributed by atoms with Crippen LogP contribution < -0.4 is 0 Å². The van der Waals surface area contributed by atoms with Gasteiger partial charge in [-0.15, -0.1) is 0 Å². The lowest BCUT2D eigenvalue weighted by molar-refractivity contribution is -0.146. The van der Waals surface area contributed by atoms with Crippen LogP contribution in [0, 0.1) is 5.41 Å². The molecule has 2 aliphatic heterocycles. The predicted octanol–water partition coefficient (Wildman–Crippen LogP) is 1.02. The average Bonchev–Trinajstić information content (AvgIpc) is 3.19. The Morgan fingerprint density at radius 1 is 1.35 bits per heavy atom. The summed E-state index contributed by atoms with van der Waals surface area (Å²) in [7, 11) is 0. The number of nitrogens with one attached hydrogen (secondary N) is 1. The summed E-state index contributed by atoms with van der Waals surface area (Å²) in [5, 5.41) is 9.12. The van der Waals surface area contributed by atoms with Gasteiger partial charge in [0.15, 0.2) is 0 Å². The van der Waals surface area contributed by atoms with Crippen LogP contribution in [0.4, 0.5) is 0 Å². The number of aliphatic hydroxyl groups excluding tert-OH is 1. The van der Waals surface area contributed by atoms with Gasteiger partial charge in [0, 0.05) is 31.9 Å². The second kappa shape index (κ2) is 6.35. The van der Waals surface area contributed by atoms with E-state index in [0.717, 1.165) is 31.4 Å². The van der Waals surface area contributed by atoms with Crippen molar-refractivity contribution < 1.29 is 14.7 Å². The summed E-state index contributed by atoms with van der Waals surface area (Å²) in [6.45, 7) is 4.26. The number of aromatic nitrogens is 1. The molecule has 0 radical (unpaired) electrons. The smallest absolute Gasteiger partial charge is 0.270 e. The van der Waals surface area contributed by atoms with Gasteiger partial charge in [0.25, 0.3) is 5.91 Å². The van der Waals surface area contributed by atoms with Gasteiger partial charge in [-0.3, -0.25) is 9.59 Å². The number of aryl methyl sites for hydroxylation is 1. The highest BCUT2D eigenvalue weighted by molar-refractivity contribution is 5.94. The lowest BCUT2D eigenvalue weighted by Gasteiger charge is -2.39. The molecule has 1 unspecified atom stereocenters. The largest absolute Gasteiger partial charge is 0.395 e. The van der Waals surface area contributed by atoms with E-state index in [2.05, 4.69) is 4.98 Å². The maximum Gasteiger partial charge on any atom is 0.270 e. The van der Waals surface area contributed by atoms with Crippen molar-refractivity contribution in [2.75, 3.05) is 32.8 Å². The van der Waals surface area contributed by atoms with Crippen LogP contribution in [0.15, 0.2) is 12.1 Å². The minimum Gasteiger partial charge on any atom is -0.395 e. The SMILES string of the molecule is CCc1ccc(C(=O)N2CCC3(CCCN(CCO)C3=O)C2)[nH]1. The maximum absolute atomic E-state index is 12.8. The second-order valence-electron chi connectivity index (χ2n) is 6.63. The summed E-state index contributed by atoms with van der Waals surface area (Å²) < 4.78 is 0. The second-order valence-corrected chi connectivity index (χ2v) is 6.63. The van der Waals surface area contributed by atoms with E-state index in [1.807, 2.05) is 19.1 Å². The van der Waals surface area contributed by atoms with Crippen molar-refractivity contribution in [3.05, 3.63) is 23.5 Å². The summed E-state index contributed by atoms with van der Waals surface area (Å²) in [4.78, 5) is 32.1. The van der Waals surface area contributed by atoms with E-state index in [4.69, 9.17) is 5.11 Å². The van der Waals surface area contributed by atoms with Gasteiger partial charge in [0.2, 0.25) is 5.91 Å². The number of aliphatic hydroxyl groups is 1. The molecule has 6 heteroatoms. The monoisotopic (exact) mass is 319 g/mol. The lowest BCUT2D eigenvalue weighted by atomic mass is 9.78. The summed E-state index contributed by atoms with van der Waals surface area (Å²) in [6, 6.07) is 3.76.